The molecule has 3 nitrogen and oxygen atoms in total. The second-order valence-corrected chi connectivity index (χ2v) is 5.60. The van der Waals surface area contributed by atoms with Crippen molar-refractivity contribution in [2.75, 3.05) is 27.4 Å². The summed E-state index contributed by atoms with van der Waals surface area (Å²) in [5, 5.41) is 0. The zero-order chi connectivity index (χ0) is 13.8. The van der Waals surface area contributed by atoms with E-state index in [1.54, 1.807) is 14.2 Å². The minimum atomic E-state index is 0.0492. The molecule has 0 radical (unpaired) electrons. The van der Waals surface area contributed by atoms with E-state index in [4.69, 9.17) is 15.2 Å². The summed E-state index contributed by atoms with van der Waals surface area (Å²) in [5.41, 5.74) is 8.28. The summed E-state index contributed by atoms with van der Waals surface area (Å²) in [4.78, 5) is 0. The fourth-order valence-corrected chi connectivity index (χ4v) is 2.07. The maximum Gasteiger partial charge on any atom is 0.122 e. The van der Waals surface area contributed by atoms with E-state index < -0.39 is 0 Å². The molecule has 102 valence electrons. The summed E-state index contributed by atoms with van der Waals surface area (Å²) in [6.07, 6.45) is 0. The fraction of sp³-hybridized carbons (Fsp3) is 0.600. The standard InChI is InChI=1S/C15H25NO2/c1-15(2,3)13-8-11(6-7-14(13)18-5)12(9-16)10-17-4/h6-8,12H,9-10,16H2,1-5H3. The van der Waals surface area contributed by atoms with Gasteiger partial charge in [0, 0.05) is 19.6 Å². The van der Waals surface area contributed by atoms with Gasteiger partial charge in [0.15, 0.2) is 0 Å². The van der Waals surface area contributed by atoms with Crippen molar-refractivity contribution in [3.05, 3.63) is 29.3 Å². The van der Waals surface area contributed by atoms with Gasteiger partial charge < -0.3 is 15.2 Å². The molecule has 0 spiro atoms. The van der Waals surface area contributed by atoms with Crippen LogP contribution in [0.25, 0.3) is 0 Å². The first-order valence-electron chi connectivity index (χ1n) is 6.31. The average molecular weight is 251 g/mol. The topological polar surface area (TPSA) is 44.5 Å². The Morgan fingerprint density at radius 1 is 1.22 bits per heavy atom. The van der Waals surface area contributed by atoms with Gasteiger partial charge in [-0.25, -0.2) is 0 Å². The van der Waals surface area contributed by atoms with E-state index in [1.165, 1.54) is 11.1 Å². The lowest BCUT2D eigenvalue weighted by Gasteiger charge is -2.24. The molecule has 1 atom stereocenters. The fourth-order valence-electron chi connectivity index (χ4n) is 2.07. The highest BCUT2D eigenvalue weighted by Crippen LogP contribution is 2.33. The van der Waals surface area contributed by atoms with Crippen molar-refractivity contribution < 1.29 is 9.47 Å². The van der Waals surface area contributed by atoms with E-state index in [0.29, 0.717) is 13.2 Å². The van der Waals surface area contributed by atoms with Crippen LogP contribution < -0.4 is 10.5 Å². The van der Waals surface area contributed by atoms with Gasteiger partial charge in [-0.05, 0) is 22.6 Å². The molecule has 1 rings (SSSR count). The molecule has 0 bridgehead atoms. The van der Waals surface area contributed by atoms with Crippen molar-refractivity contribution in [2.24, 2.45) is 5.73 Å². The van der Waals surface area contributed by atoms with E-state index in [-0.39, 0.29) is 11.3 Å². The van der Waals surface area contributed by atoms with E-state index in [1.807, 2.05) is 6.07 Å². The van der Waals surface area contributed by atoms with E-state index in [0.717, 1.165) is 5.75 Å². The predicted octanol–water partition coefficient (Wildman–Crippen LogP) is 2.68. The van der Waals surface area contributed by atoms with Crippen LogP contribution in [-0.4, -0.2) is 27.4 Å². The second kappa shape index (κ2) is 6.21. The third-order valence-electron chi connectivity index (χ3n) is 3.16. The van der Waals surface area contributed by atoms with Crippen LogP contribution in [0, 0.1) is 0 Å². The van der Waals surface area contributed by atoms with Gasteiger partial charge >= 0.3 is 0 Å². The molecule has 0 aromatic heterocycles. The highest BCUT2D eigenvalue weighted by atomic mass is 16.5. The van der Waals surface area contributed by atoms with E-state index in [9.17, 15) is 0 Å². The third-order valence-corrected chi connectivity index (χ3v) is 3.16. The first-order chi connectivity index (χ1) is 8.43. The average Bonchev–Trinajstić information content (AvgIpc) is 2.34. The van der Waals surface area contributed by atoms with Gasteiger partial charge in [-0.15, -0.1) is 0 Å². The summed E-state index contributed by atoms with van der Waals surface area (Å²) in [5.74, 6) is 1.17. The molecule has 1 aromatic rings. The van der Waals surface area contributed by atoms with Gasteiger partial charge in [-0.1, -0.05) is 32.9 Å². The summed E-state index contributed by atoms with van der Waals surface area (Å²) >= 11 is 0. The SMILES string of the molecule is COCC(CN)c1ccc(OC)c(C(C)(C)C)c1. The molecule has 2 N–H and O–H groups in total. The number of methoxy groups -OCH3 is 2. The lowest BCUT2D eigenvalue weighted by molar-refractivity contribution is 0.181. The Bertz CT molecular complexity index is 383. The first-order valence-corrected chi connectivity index (χ1v) is 6.31. The van der Waals surface area contributed by atoms with Crippen molar-refractivity contribution >= 4 is 0 Å². The Morgan fingerprint density at radius 2 is 1.89 bits per heavy atom. The monoisotopic (exact) mass is 251 g/mol. The van der Waals surface area contributed by atoms with Crippen LogP contribution in [0.4, 0.5) is 0 Å². The molecule has 0 saturated carbocycles. The van der Waals surface area contributed by atoms with Crippen molar-refractivity contribution in [1.82, 2.24) is 0 Å². The van der Waals surface area contributed by atoms with Crippen LogP contribution in [0.1, 0.15) is 37.8 Å². The molecule has 1 unspecified atom stereocenters. The maximum atomic E-state index is 5.81. The lowest BCUT2D eigenvalue weighted by atomic mass is 9.84. The number of benzene rings is 1. The number of hydrogen-bond donors (Lipinski definition) is 1. The van der Waals surface area contributed by atoms with Crippen molar-refractivity contribution in [3.8, 4) is 5.75 Å². The summed E-state index contributed by atoms with van der Waals surface area (Å²) in [7, 11) is 3.41. The minimum absolute atomic E-state index is 0.0492. The Balaban J connectivity index is 3.17. The van der Waals surface area contributed by atoms with Crippen LogP contribution in [0.5, 0.6) is 5.75 Å². The van der Waals surface area contributed by atoms with Crippen molar-refractivity contribution in [1.29, 1.82) is 0 Å². The van der Waals surface area contributed by atoms with Gasteiger partial charge in [0.25, 0.3) is 0 Å². The number of hydrogen-bond acceptors (Lipinski definition) is 3. The molecule has 0 saturated heterocycles. The molecule has 0 fully saturated rings. The Morgan fingerprint density at radius 3 is 2.33 bits per heavy atom. The Kier molecular flexibility index (Phi) is 5.17. The zero-order valence-electron chi connectivity index (χ0n) is 12.1. The number of ether oxygens (including phenoxy) is 2. The molecular weight excluding hydrogens is 226 g/mol. The quantitative estimate of drug-likeness (QED) is 0.875. The summed E-state index contributed by atoms with van der Waals surface area (Å²) < 4.78 is 10.7. The normalized spacial score (nSPS) is 13.4. The Labute approximate surface area is 110 Å². The van der Waals surface area contributed by atoms with Gasteiger partial charge in [-0.3, -0.25) is 0 Å². The number of nitrogens with two attached hydrogens (primary N) is 1. The van der Waals surface area contributed by atoms with E-state index in [2.05, 4.69) is 32.9 Å². The highest BCUT2D eigenvalue weighted by Gasteiger charge is 2.21. The van der Waals surface area contributed by atoms with Gasteiger partial charge in [0.1, 0.15) is 5.75 Å². The van der Waals surface area contributed by atoms with Gasteiger partial charge in [0.2, 0.25) is 0 Å². The minimum Gasteiger partial charge on any atom is -0.496 e. The summed E-state index contributed by atoms with van der Waals surface area (Å²) in [6, 6.07) is 6.29. The largest absolute Gasteiger partial charge is 0.496 e. The van der Waals surface area contributed by atoms with Crippen LogP contribution in [0.3, 0.4) is 0 Å². The Hall–Kier alpha value is -1.06. The maximum absolute atomic E-state index is 5.81. The molecule has 0 aliphatic heterocycles. The zero-order valence-corrected chi connectivity index (χ0v) is 12.1. The lowest BCUT2D eigenvalue weighted by Crippen LogP contribution is -2.19. The molecular formula is C15H25NO2. The smallest absolute Gasteiger partial charge is 0.122 e. The predicted molar refractivity (Wildman–Crippen MR) is 75.4 cm³/mol. The highest BCUT2D eigenvalue weighted by molar-refractivity contribution is 5.42. The van der Waals surface area contributed by atoms with Crippen molar-refractivity contribution in [2.45, 2.75) is 32.1 Å². The van der Waals surface area contributed by atoms with E-state index >= 15 is 0 Å². The third kappa shape index (κ3) is 3.47. The molecule has 3 heteroatoms. The molecule has 1 aromatic carbocycles. The van der Waals surface area contributed by atoms with Gasteiger partial charge in [-0.2, -0.15) is 0 Å². The first kappa shape index (κ1) is 15.0. The number of rotatable bonds is 5. The van der Waals surface area contributed by atoms with Crippen molar-refractivity contribution in [3.63, 3.8) is 0 Å². The molecule has 0 heterocycles. The van der Waals surface area contributed by atoms with Crippen LogP contribution >= 0.6 is 0 Å². The van der Waals surface area contributed by atoms with Crippen LogP contribution in [0.2, 0.25) is 0 Å². The molecule has 18 heavy (non-hydrogen) atoms. The molecule has 0 amide bonds. The summed E-state index contributed by atoms with van der Waals surface area (Å²) in [6.45, 7) is 7.78. The molecule has 0 aliphatic rings. The van der Waals surface area contributed by atoms with Crippen LogP contribution in [-0.2, 0) is 10.2 Å². The molecule has 0 aliphatic carbocycles. The van der Waals surface area contributed by atoms with Crippen LogP contribution in [0.15, 0.2) is 18.2 Å². The second-order valence-electron chi connectivity index (χ2n) is 5.60. The van der Waals surface area contributed by atoms with Gasteiger partial charge in [0.05, 0.1) is 13.7 Å².